The van der Waals surface area contributed by atoms with E-state index in [2.05, 4.69) is 9.97 Å². The van der Waals surface area contributed by atoms with Gasteiger partial charge in [0.1, 0.15) is 11.6 Å². The van der Waals surface area contributed by atoms with Gasteiger partial charge in [-0.2, -0.15) is 9.97 Å². The molecular weight excluding hydrogens is 334 g/mol. The number of hydrogen-bond donors (Lipinski definition) is 1. The van der Waals surface area contributed by atoms with Crippen LogP contribution in [0.5, 0.6) is 0 Å². The number of nitrogens with two attached hydrogens (primary N) is 1. The molecule has 0 aliphatic carbocycles. The molecular formula is C19H20ClN5. The highest BCUT2D eigenvalue weighted by atomic mass is 35.5. The van der Waals surface area contributed by atoms with E-state index in [1.54, 1.807) is 6.07 Å². The van der Waals surface area contributed by atoms with Crippen LogP contribution in [0.1, 0.15) is 5.56 Å². The Bertz CT molecular complexity index is 880. The smallest absolute Gasteiger partial charge is 0.238 e. The fraction of sp³-hybridized carbons (Fsp3) is 0.158. The van der Waals surface area contributed by atoms with Gasteiger partial charge in [-0.1, -0.05) is 35.9 Å². The Morgan fingerprint density at radius 3 is 2.28 bits per heavy atom. The van der Waals surface area contributed by atoms with E-state index < -0.39 is 0 Å². The summed E-state index contributed by atoms with van der Waals surface area (Å²) in [7, 11) is 3.84. The van der Waals surface area contributed by atoms with Crippen LogP contribution in [0.4, 0.5) is 29.0 Å². The standard InChI is InChI=1S/C19H20ClN5/c1-13-9-10-15(11-16(13)20)25(14-7-5-4-6-8-14)19-22-17(21)12-18(23-19)24(2)3/h4-12H,1-3H3,(H2,21,22,23). The number of anilines is 5. The maximum Gasteiger partial charge on any atom is 0.238 e. The van der Waals surface area contributed by atoms with Gasteiger partial charge >= 0.3 is 0 Å². The minimum atomic E-state index is 0.410. The van der Waals surface area contributed by atoms with Crippen LogP contribution in [-0.4, -0.2) is 24.1 Å². The maximum absolute atomic E-state index is 6.35. The van der Waals surface area contributed by atoms with E-state index in [0.29, 0.717) is 16.8 Å². The highest BCUT2D eigenvalue weighted by molar-refractivity contribution is 6.31. The molecule has 0 radical (unpaired) electrons. The molecule has 1 heterocycles. The van der Waals surface area contributed by atoms with Gasteiger partial charge in [0.25, 0.3) is 0 Å². The summed E-state index contributed by atoms with van der Waals surface area (Å²) in [6.07, 6.45) is 0. The summed E-state index contributed by atoms with van der Waals surface area (Å²) in [4.78, 5) is 12.9. The molecule has 3 aromatic rings. The second-order valence-electron chi connectivity index (χ2n) is 5.95. The number of rotatable bonds is 4. The molecule has 3 rings (SSSR count). The molecule has 0 amide bonds. The molecule has 0 fully saturated rings. The van der Waals surface area contributed by atoms with Gasteiger partial charge in [-0.15, -0.1) is 0 Å². The summed E-state index contributed by atoms with van der Waals surface area (Å²) in [6, 6.07) is 17.5. The zero-order valence-corrected chi connectivity index (χ0v) is 15.2. The zero-order chi connectivity index (χ0) is 18.0. The third-order valence-corrected chi connectivity index (χ3v) is 4.21. The first-order valence-corrected chi connectivity index (χ1v) is 8.26. The second kappa shape index (κ2) is 6.99. The van der Waals surface area contributed by atoms with Crippen molar-refractivity contribution in [2.24, 2.45) is 0 Å². The highest BCUT2D eigenvalue weighted by Crippen LogP contribution is 2.35. The predicted molar refractivity (Wildman–Crippen MR) is 105 cm³/mol. The SMILES string of the molecule is Cc1ccc(N(c2ccccc2)c2nc(N)cc(N(C)C)n2)cc1Cl. The van der Waals surface area contributed by atoms with Gasteiger partial charge in [0.15, 0.2) is 0 Å². The van der Waals surface area contributed by atoms with Crippen molar-refractivity contribution in [2.75, 3.05) is 29.6 Å². The number of benzene rings is 2. The lowest BCUT2D eigenvalue weighted by Crippen LogP contribution is -2.18. The van der Waals surface area contributed by atoms with E-state index >= 15 is 0 Å². The van der Waals surface area contributed by atoms with Crippen molar-refractivity contribution in [2.45, 2.75) is 6.92 Å². The predicted octanol–water partition coefficient (Wildman–Crippen LogP) is 4.56. The molecule has 2 aromatic carbocycles. The molecule has 0 bridgehead atoms. The summed E-state index contributed by atoms with van der Waals surface area (Å²) in [6.45, 7) is 1.97. The van der Waals surface area contributed by atoms with Crippen LogP contribution in [0.3, 0.4) is 0 Å². The summed E-state index contributed by atoms with van der Waals surface area (Å²) in [5.41, 5.74) is 8.83. The topological polar surface area (TPSA) is 58.3 Å². The summed E-state index contributed by atoms with van der Waals surface area (Å²) in [5, 5.41) is 0.690. The molecule has 0 aliphatic rings. The van der Waals surface area contributed by atoms with Gasteiger partial charge in [0.2, 0.25) is 5.95 Å². The van der Waals surface area contributed by atoms with Crippen molar-refractivity contribution in [3.8, 4) is 0 Å². The first kappa shape index (κ1) is 17.0. The minimum Gasteiger partial charge on any atom is -0.383 e. The van der Waals surface area contributed by atoms with E-state index in [1.165, 1.54) is 0 Å². The van der Waals surface area contributed by atoms with E-state index in [1.807, 2.05) is 79.3 Å². The van der Waals surface area contributed by atoms with E-state index in [-0.39, 0.29) is 0 Å². The Balaban J connectivity index is 2.20. The molecule has 1 aromatic heterocycles. The third-order valence-electron chi connectivity index (χ3n) is 3.81. The Hall–Kier alpha value is -2.79. The molecule has 0 aliphatic heterocycles. The van der Waals surface area contributed by atoms with Crippen LogP contribution in [-0.2, 0) is 0 Å². The first-order chi connectivity index (χ1) is 12.0. The Morgan fingerprint density at radius 2 is 1.64 bits per heavy atom. The molecule has 0 atom stereocenters. The lowest BCUT2D eigenvalue weighted by atomic mass is 10.2. The monoisotopic (exact) mass is 353 g/mol. The molecule has 2 N–H and O–H groups in total. The van der Waals surface area contributed by atoms with Gasteiger partial charge in [-0.05, 0) is 36.8 Å². The van der Waals surface area contributed by atoms with Gasteiger partial charge in [0, 0.05) is 30.9 Å². The fourth-order valence-electron chi connectivity index (χ4n) is 2.45. The van der Waals surface area contributed by atoms with Crippen molar-refractivity contribution >= 4 is 40.6 Å². The van der Waals surface area contributed by atoms with E-state index in [0.717, 1.165) is 22.8 Å². The number of aryl methyl sites for hydroxylation is 1. The highest BCUT2D eigenvalue weighted by Gasteiger charge is 2.17. The van der Waals surface area contributed by atoms with Crippen molar-refractivity contribution in [1.29, 1.82) is 0 Å². The van der Waals surface area contributed by atoms with Crippen LogP contribution in [0, 0.1) is 6.92 Å². The Morgan fingerprint density at radius 1 is 0.920 bits per heavy atom. The van der Waals surface area contributed by atoms with Crippen molar-refractivity contribution in [1.82, 2.24) is 9.97 Å². The average Bonchev–Trinajstić information content (AvgIpc) is 2.59. The Labute approximate surface area is 152 Å². The Kier molecular flexibility index (Phi) is 4.76. The quantitative estimate of drug-likeness (QED) is 0.745. The minimum absolute atomic E-state index is 0.410. The van der Waals surface area contributed by atoms with E-state index in [9.17, 15) is 0 Å². The first-order valence-electron chi connectivity index (χ1n) is 7.89. The number of nitrogens with zero attached hydrogens (tertiary/aromatic N) is 4. The molecule has 6 heteroatoms. The maximum atomic E-state index is 6.35. The van der Waals surface area contributed by atoms with Gasteiger partial charge < -0.3 is 10.6 Å². The van der Waals surface area contributed by atoms with Crippen LogP contribution in [0.25, 0.3) is 0 Å². The average molecular weight is 354 g/mol. The van der Waals surface area contributed by atoms with E-state index in [4.69, 9.17) is 17.3 Å². The molecule has 0 spiro atoms. The van der Waals surface area contributed by atoms with Gasteiger partial charge in [-0.3, -0.25) is 4.90 Å². The summed E-state index contributed by atoms with van der Waals surface area (Å²) in [5.74, 6) is 1.64. The van der Waals surface area contributed by atoms with Crippen LogP contribution >= 0.6 is 11.6 Å². The van der Waals surface area contributed by atoms with Crippen molar-refractivity contribution in [3.05, 3.63) is 65.2 Å². The zero-order valence-electron chi connectivity index (χ0n) is 14.4. The molecule has 128 valence electrons. The fourth-order valence-corrected chi connectivity index (χ4v) is 2.62. The number of hydrogen-bond acceptors (Lipinski definition) is 5. The molecule has 25 heavy (non-hydrogen) atoms. The number of halogens is 1. The number of para-hydroxylation sites is 1. The number of nitrogen functional groups attached to an aromatic ring is 1. The van der Waals surface area contributed by atoms with Crippen LogP contribution in [0.2, 0.25) is 5.02 Å². The third kappa shape index (κ3) is 3.67. The largest absolute Gasteiger partial charge is 0.383 e. The van der Waals surface area contributed by atoms with Crippen molar-refractivity contribution in [3.63, 3.8) is 0 Å². The van der Waals surface area contributed by atoms with Crippen LogP contribution in [0.15, 0.2) is 54.6 Å². The molecule has 5 nitrogen and oxygen atoms in total. The van der Waals surface area contributed by atoms with Gasteiger partial charge in [-0.25, -0.2) is 0 Å². The summed E-state index contributed by atoms with van der Waals surface area (Å²) < 4.78 is 0. The molecule has 0 saturated heterocycles. The molecule has 0 unspecified atom stereocenters. The lowest BCUT2D eigenvalue weighted by molar-refractivity contribution is 1.02. The second-order valence-corrected chi connectivity index (χ2v) is 6.36. The molecule has 0 saturated carbocycles. The normalized spacial score (nSPS) is 10.6. The number of aromatic nitrogens is 2. The summed E-state index contributed by atoms with van der Waals surface area (Å²) >= 11 is 6.35. The van der Waals surface area contributed by atoms with Crippen LogP contribution < -0.4 is 15.5 Å². The lowest BCUT2D eigenvalue weighted by Gasteiger charge is -2.25. The van der Waals surface area contributed by atoms with Crippen molar-refractivity contribution < 1.29 is 0 Å². The van der Waals surface area contributed by atoms with Gasteiger partial charge in [0.05, 0.1) is 5.69 Å².